The maximum Gasteiger partial charge on any atom is 0.313 e. The Morgan fingerprint density at radius 3 is 2.68 bits per heavy atom. The second-order valence-electron chi connectivity index (χ2n) is 4.32. The summed E-state index contributed by atoms with van der Waals surface area (Å²) in [6.07, 6.45) is 6.65. The van der Waals surface area contributed by atoms with Crippen molar-refractivity contribution in [2.24, 2.45) is 5.92 Å². The maximum absolute atomic E-state index is 12.0. The molecule has 100 valence electrons. The van der Waals surface area contributed by atoms with E-state index in [1.807, 2.05) is 49.4 Å². The molecule has 19 heavy (non-hydrogen) atoms. The minimum absolute atomic E-state index is 0.158. The molecule has 0 saturated carbocycles. The Bertz CT molecular complexity index is 497. The molecular weight excluding hydrogens is 240 g/mol. The first-order valence-electron chi connectivity index (χ1n) is 6.44. The predicted octanol–water partition coefficient (Wildman–Crippen LogP) is 3.22. The van der Waals surface area contributed by atoms with Crippen molar-refractivity contribution in [3.8, 4) is 5.75 Å². The van der Waals surface area contributed by atoms with Gasteiger partial charge in [0.1, 0.15) is 5.75 Å². The largest absolute Gasteiger partial charge is 0.497 e. The van der Waals surface area contributed by atoms with Gasteiger partial charge in [-0.25, -0.2) is 0 Å². The quantitative estimate of drug-likeness (QED) is 0.778. The van der Waals surface area contributed by atoms with Crippen LogP contribution in [0.3, 0.4) is 0 Å². The van der Waals surface area contributed by atoms with E-state index in [9.17, 15) is 4.79 Å². The van der Waals surface area contributed by atoms with Crippen LogP contribution < -0.4 is 4.74 Å². The summed E-state index contributed by atoms with van der Waals surface area (Å²) in [4.78, 5) is 12.0. The summed E-state index contributed by atoms with van der Waals surface area (Å²) in [6.45, 7) is 2.24. The molecular formula is C16H18O3. The van der Waals surface area contributed by atoms with E-state index in [1.54, 1.807) is 7.11 Å². The topological polar surface area (TPSA) is 35.5 Å². The zero-order valence-electron chi connectivity index (χ0n) is 11.3. The minimum Gasteiger partial charge on any atom is -0.497 e. The third-order valence-electron chi connectivity index (χ3n) is 3.15. The predicted molar refractivity (Wildman–Crippen MR) is 74.9 cm³/mol. The van der Waals surface area contributed by atoms with Gasteiger partial charge in [0.2, 0.25) is 0 Å². The van der Waals surface area contributed by atoms with Crippen LogP contribution in [0.15, 0.2) is 42.5 Å². The Balaban J connectivity index is 2.25. The zero-order chi connectivity index (χ0) is 13.7. The van der Waals surface area contributed by atoms with E-state index in [-0.39, 0.29) is 11.9 Å². The number of hydrogen-bond donors (Lipinski definition) is 0. The van der Waals surface area contributed by atoms with E-state index in [0.717, 1.165) is 16.9 Å². The molecule has 0 aromatic heterocycles. The molecule has 0 aliphatic heterocycles. The SMILES string of the molecule is CCOC(=O)C1CC=CC=C1c1ccc(OC)cc1. The number of rotatable bonds is 4. The van der Waals surface area contributed by atoms with Crippen LogP contribution in [0.2, 0.25) is 0 Å². The molecule has 1 aromatic carbocycles. The molecule has 0 N–H and O–H groups in total. The fraction of sp³-hybridized carbons (Fsp3) is 0.312. The number of methoxy groups -OCH3 is 1. The molecule has 0 bridgehead atoms. The highest BCUT2D eigenvalue weighted by atomic mass is 16.5. The average Bonchev–Trinajstić information content (AvgIpc) is 2.47. The molecule has 1 unspecified atom stereocenters. The van der Waals surface area contributed by atoms with E-state index in [0.29, 0.717) is 13.0 Å². The molecule has 1 atom stereocenters. The van der Waals surface area contributed by atoms with Gasteiger partial charge in [0.05, 0.1) is 19.6 Å². The van der Waals surface area contributed by atoms with Crippen LogP contribution in [0, 0.1) is 5.92 Å². The number of carbonyl (C=O) groups is 1. The van der Waals surface area contributed by atoms with E-state index in [2.05, 4.69) is 0 Å². The van der Waals surface area contributed by atoms with Gasteiger partial charge in [-0.05, 0) is 36.6 Å². The number of carbonyl (C=O) groups excluding carboxylic acids is 1. The summed E-state index contributed by atoms with van der Waals surface area (Å²) in [5, 5.41) is 0. The van der Waals surface area contributed by atoms with Crippen molar-refractivity contribution in [2.75, 3.05) is 13.7 Å². The summed E-state index contributed by atoms with van der Waals surface area (Å²) < 4.78 is 10.3. The number of hydrogen-bond acceptors (Lipinski definition) is 3. The van der Waals surface area contributed by atoms with Crippen molar-refractivity contribution in [1.82, 2.24) is 0 Å². The Morgan fingerprint density at radius 1 is 1.32 bits per heavy atom. The van der Waals surface area contributed by atoms with Gasteiger partial charge in [-0.1, -0.05) is 30.4 Å². The second-order valence-corrected chi connectivity index (χ2v) is 4.32. The molecule has 0 fully saturated rings. The monoisotopic (exact) mass is 258 g/mol. The normalized spacial score (nSPS) is 17.8. The lowest BCUT2D eigenvalue weighted by molar-refractivity contribution is -0.145. The van der Waals surface area contributed by atoms with Crippen LogP contribution in [0.25, 0.3) is 5.57 Å². The summed E-state index contributed by atoms with van der Waals surface area (Å²) >= 11 is 0. The first kappa shape index (κ1) is 13.4. The standard InChI is InChI=1S/C16H18O3/c1-3-19-16(17)15-7-5-4-6-14(15)12-8-10-13(18-2)11-9-12/h4-6,8-11,15H,3,7H2,1-2H3. The van der Waals surface area contributed by atoms with Gasteiger partial charge in [0.25, 0.3) is 0 Å². The highest BCUT2D eigenvalue weighted by molar-refractivity contribution is 5.90. The summed E-state index contributed by atoms with van der Waals surface area (Å²) in [5.41, 5.74) is 2.03. The molecule has 3 heteroatoms. The molecule has 0 saturated heterocycles. The molecule has 3 nitrogen and oxygen atoms in total. The van der Waals surface area contributed by atoms with Crippen molar-refractivity contribution in [1.29, 1.82) is 0 Å². The first-order valence-corrected chi connectivity index (χ1v) is 6.44. The number of benzene rings is 1. The average molecular weight is 258 g/mol. The first-order chi connectivity index (χ1) is 9.26. The van der Waals surface area contributed by atoms with Gasteiger partial charge in [0.15, 0.2) is 0 Å². The summed E-state index contributed by atoms with van der Waals surface area (Å²) in [7, 11) is 1.64. The van der Waals surface area contributed by atoms with Crippen LogP contribution in [0.4, 0.5) is 0 Å². The van der Waals surface area contributed by atoms with Crippen molar-refractivity contribution in [2.45, 2.75) is 13.3 Å². The Hall–Kier alpha value is -2.03. The molecule has 1 aromatic rings. The van der Waals surface area contributed by atoms with Crippen molar-refractivity contribution < 1.29 is 14.3 Å². The minimum atomic E-state index is -0.210. The van der Waals surface area contributed by atoms with Crippen molar-refractivity contribution in [3.63, 3.8) is 0 Å². The molecule has 0 spiro atoms. The van der Waals surface area contributed by atoms with Gasteiger partial charge in [-0.2, -0.15) is 0 Å². The zero-order valence-corrected chi connectivity index (χ0v) is 11.3. The van der Waals surface area contributed by atoms with Crippen LogP contribution in [0.1, 0.15) is 18.9 Å². The van der Waals surface area contributed by atoms with E-state index < -0.39 is 0 Å². The van der Waals surface area contributed by atoms with Crippen LogP contribution in [-0.4, -0.2) is 19.7 Å². The molecule has 0 radical (unpaired) electrons. The van der Waals surface area contributed by atoms with E-state index >= 15 is 0 Å². The molecule has 2 rings (SSSR count). The van der Waals surface area contributed by atoms with Crippen molar-refractivity contribution in [3.05, 3.63) is 48.1 Å². The molecule has 0 amide bonds. The highest BCUT2D eigenvalue weighted by Crippen LogP contribution is 2.31. The van der Waals surface area contributed by atoms with E-state index in [1.165, 1.54) is 0 Å². The summed E-state index contributed by atoms with van der Waals surface area (Å²) in [6, 6.07) is 7.74. The lowest BCUT2D eigenvalue weighted by atomic mass is 9.86. The van der Waals surface area contributed by atoms with Gasteiger partial charge in [0, 0.05) is 0 Å². The fourth-order valence-corrected chi connectivity index (χ4v) is 2.18. The number of allylic oxidation sites excluding steroid dienone is 3. The smallest absolute Gasteiger partial charge is 0.313 e. The summed E-state index contributed by atoms with van der Waals surface area (Å²) in [5.74, 6) is 0.440. The Kier molecular flexibility index (Phi) is 4.39. The van der Waals surface area contributed by atoms with Gasteiger partial charge >= 0.3 is 5.97 Å². The van der Waals surface area contributed by atoms with Gasteiger partial charge in [-0.15, -0.1) is 0 Å². The van der Waals surface area contributed by atoms with E-state index in [4.69, 9.17) is 9.47 Å². The second kappa shape index (κ2) is 6.23. The number of esters is 1. The fourth-order valence-electron chi connectivity index (χ4n) is 2.18. The highest BCUT2D eigenvalue weighted by Gasteiger charge is 2.25. The van der Waals surface area contributed by atoms with Crippen LogP contribution in [-0.2, 0) is 9.53 Å². The Labute approximate surface area is 113 Å². The van der Waals surface area contributed by atoms with Gasteiger partial charge < -0.3 is 9.47 Å². The molecule has 0 heterocycles. The van der Waals surface area contributed by atoms with Crippen molar-refractivity contribution >= 4 is 11.5 Å². The lowest BCUT2D eigenvalue weighted by Crippen LogP contribution is -2.20. The molecule has 1 aliphatic rings. The number of ether oxygens (including phenoxy) is 2. The lowest BCUT2D eigenvalue weighted by Gasteiger charge is -2.20. The molecule has 1 aliphatic carbocycles. The maximum atomic E-state index is 12.0. The van der Waals surface area contributed by atoms with Gasteiger partial charge in [-0.3, -0.25) is 4.79 Å². The Morgan fingerprint density at radius 2 is 2.05 bits per heavy atom. The van der Waals surface area contributed by atoms with Crippen LogP contribution >= 0.6 is 0 Å². The third-order valence-corrected chi connectivity index (χ3v) is 3.15. The third kappa shape index (κ3) is 3.05. The van der Waals surface area contributed by atoms with Crippen LogP contribution in [0.5, 0.6) is 5.75 Å².